The molecule has 7 nitrogen and oxygen atoms in total. The summed E-state index contributed by atoms with van der Waals surface area (Å²) in [4.78, 5) is 27.8. The summed E-state index contributed by atoms with van der Waals surface area (Å²) in [5, 5.41) is 7.12. The van der Waals surface area contributed by atoms with Crippen LogP contribution in [0.2, 0.25) is 0 Å². The van der Waals surface area contributed by atoms with E-state index in [0.717, 1.165) is 22.1 Å². The van der Waals surface area contributed by atoms with Crippen LogP contribution in [-0.4, -0.2) is 30.5 Å². The fourth-order valence-corrected chi connectivity index (χ4v) is 3.53. The van der Waals surface area contributed by atoms with Gasteiger partial charge in [-0.2, -0.15) is 4.98 Å². The Morgan fingerprint density at radius 3 is 2.57 bits per heavy atom. The summed E-state index contributed by atoms with van der Waals surface area (Å²) in [7, 11) is 0. The minimum absolute atomic E-state index is 0.0254. The number of rotatable bonds is 4. The van der Waals surface area contributed by atoms with E-state index in [-0.39, 0.29) is 18.2 Å². The lowest BCUT2D eigenvalue weighted by molar-refractivity contribution is 0.0975. The summed E-state index contributed by atoms with van der Waals surface area (Å²) in [6.07, 6.45) is 0. The van der Waals surface area contributed by atoms with Gasteiger partial charge in [0.05, 0.1) is 17.2 Å². The van der Waals surface area contributed by atoms with E-state index in [2.05, 4.69) is 20.1 Å². The van der Waals surface area contributed by atoms with Crippen molar-refractivity contribution in [2.75, 3.05) is 4.90 Å². The van der Waals surface area contributed by atoms with E-state index in [1.54, 1.807) is 12.1 Å². The van der Waals surface area contributed by atoms with Crippen LogP contribution in [-0.2, 0) is 6.54 Å². The Morgan fingerprint density at radius 1 is 1.14 bits per heavy atom. The maximum absolute atomic E-state index is 13.4. The van der Waals surface area contributed by atoms with E-state index >= 15 is 0 Å². The molecular weight excluding hydrogens is 379 g/mol. The van der Waals surface area contributed by atoms with Crippen molar-refractivity contribution < 1.29 is 9.18 Å². The van der Waals surface area contributed by atoms with Gasteiger partial charge < -0.3 is 0 Å². The maximum Gasteiger partial charge on any atom is 0.298 e. The number of aryl methyl sites for hydroxylation is 3. The first-order valence-corrected chi connectivity index (χ1v) is 9.48. The minimum atomic E-state index is -0.403. The van der Waals surface area contributed by atoms with Gasteiger partial charge in [0.2, 0.25) is 5.82 Å². The first-order valence-electron chi connectivity index (χ1n) is 8.60. The van der Waals surface area contributed by atoms with Gasteiger partial charge >= 0.3 is 0 Å². The predicted molar refractivity (Wildman–Crippen MR) is 104 cm³/mol. The zero-order valence-electron chi connectivity index (χ0n) is 15.5. The third kappa shape index (κ3) is 3.48. The highest BCUT2D eigenvalue weighted by Gasteiger charge is 2.24. The predicted octanol–water partition coefficient (Wildman–Crippen LogP) is 3.49. The van der Waals surface area contributed by atoms with Gasteiger partial charge in [-0.3, -0.25) is 9.69 Å². The van der Waals surface area contributed by atoms with Gasteiger partial charge in [-0.15, -0.1) is 16.4 Å². The molecule has 0 atom stereocenters. The average Bonchev–Trinajstić information content (AvgIpc) is 3.26. The normalized spacial score (nSPS) is 11.1. The molecule has 0 saturated heterocycles. The molecule has 3 heterocycles. The zero-order valence-corrected chi connectivity index (χ0v) is 16.4. The molecule has 0 aliphatic heterocycles. The Labute approximate surface area is 164 Å². The standard InChI is InChI=1S/C19H17FN6OS/c1-11-8-12(2)26-19(21-11)23-17(24-26)18(27)25(9-15-10-28-13(3)22-15)16-6-4-14(20)5-7-16/h4-8,10H,9H2,1-3H3. The van der Waals surface area contributed by atoms with Crippen molar-refractivity contribution in [3.63, 3.8) is 0 Å². The largest absolute Gasteiger partial charge is 0.300 e. The molecule has 0 bridgehead atoms. The Balaban J connectivity index is 1.75. The molecule has 0 aliphatic carbocycles. The highest BCUT2D eigenvalue weighted by atomic mass is 32.1. The molecule has 0 fully saturated rings. The first kappa shape index (κ1) is 18.2. The van der Waals surface area contributed by atoms with Gasteiger partial charge in [-0.1, -0.05) is 0 Å². The number of anilines is 1. The van der Waals surface area contributed by atoms with Crippen LogP contribution in [0.25, 0.3) is 5.78 Å². The number of halogens is 1. The number of carbonyl (C=O) groups excluding carboxylic acids is 1. The number of aromatic nitrogens is 5. The van der Waals surface area contributed by atoms with Crippen LogP contribution in [0.4, 0.5) is 10.1 Å². The average molecular weight is 396 g/mol. The Morgan fingerprint density at radius 2 is 1.89 bits per heavy atom. The fraction of sp³-hybridized carbons (Fsp3) is 0.211. The monoisotopic (exact) mass is 396 g/mol. The van der Waals surface area contributed by atoms with Crippen LogP contribution < -0.4 is 4.90 Å². The third-order valence-corrected chi connectivity index (χ3v) is 5.00. The van der Waals surface area contributed by atoms with E-state index in [0.29, 0.717) is 11.5 Å². The molecule has 4 aromatic rings. The summed E-state index contributed by atoms with van der Waals surface area (Å²) in [6, 6.07) is 7.60. The number of fused-ring (bicyclic) bond motifs is 1. The number of benzene rings is 1. The van der Waals surface area contributed by atoms with Gasteiger partial charge in [0.15, 0.2) is 0 Å². The molecule has 0 N–H and O–H groups in total. The number of thiazole rings is 1. The highest BCUT2D eigenvalue weighted by molar-refractivity contribution is 7.09. The van der Waals surface area contributed by atoms with Gasteiger partial charge in [-0.25, -0.2) is 18.9 Å². The lowest BCUT2D eigenvalue weighted by atomic mass is 10.2. The summed E-state index contributed by atoms with van der Waals surface area (Å²) in [5.41, 5.74) is 2.91. The smallest absolute Gasteiger partial charge is 0.298 e. The van der Waals surface area contributed by atoms with E-state index in [1.165, 1.54) is 32.9 Å². The van der Waals surface area contributed by atoms with Gasteiger partial charge in [0, 0.05) is 22.5 Å². The molecule has 1 aromatic carbocycles. The summed E-state index contributed by atoms with van der Waals surface area (Å²) in [5.74, 6) is -0.386. The Kier molecular flexibility index (Phi) is 4.60. The number of hydrogen-bond donors (Lipinski definition) is 0. The molecule has 28 heavy (non-hydrogen) atoms. The minimum Gasteiger partial charge on any atom is -0.300 e. The van der Waals surface area contributed by atoms with Gasteiger partial charge in [0.25, 0.3) is 11.7 Å². The van der Waals surface area contributed by atoms with E-state index in [9.17, 15) is 9.18 Å². The first-order chi connectivity index (χ1) is 13.4. The molecule has 0 radical (unpaired) electrons. The molecule has 9 heteroatoms. The highest BCUT2D eigenvalue weighted by Crippen LogP contribution is 2.21. The van der Waals surface area contributed by atoms with Crippen molar-refractivity contribution in [2.24, 2.45) is 0 Å². The molecule has 1 amide bonds. The number of nitrogens with zero attached hydrogens (tertiary/aromatic N) is 6. The zero-order chi connectivity index (χ0) is 19.8. The van der Waals surface area contributed by atoms with Gasteiger partial charge in [0.1, 0.15) is 5.82 Å². The molecule has 0 spiro atoms. The quantitative estimate of drug-likeness (QED) is 0.528. The van der Waals surface area contributed by atoms with Crippen LogP contribution in [0.3, 0.4) is 0 Å². The molecule has 142 valence electrons. The summed E-state index contributed by atoms with van der Waals surface area (Å²) < 4.78 is 14.9. The molecule has 0 unspecified atom stereocenters. The maximum atomic E-state index is 13.4. The van der Waals surface area contributed by atoms with Crippen molar-refractivity contribution in [2.45, 2.75) is 27.3 Å². The van der Waals surface area contributed by atoms with Crippen LogP contribution in [0, 0.1) is 26.6 Å². The van der Waals surface area contributed by atoms with Crippen LogP contribution in [0.15, 0.2) is 35.7 Å². The van der Waals surface area contributed by atoms with E-state index in [4.69, 9.17) is 0 Å². The SMILES string of the molecule is Cc1cc(C)n2nc(C(=O)N(Cc3csc(C)n3)c3ccc(F)cc3)nc2n1. The molecule has 3 aromatic heterocycles. The molecule has 0 saturated carbocycles. The van der Waals surface area contributed by atoms with Crippen molar-refractivity contribution in [1.29, 1.82) is 0 Å². The van der Waals surface area contributed by atoms with Gasteiger partial charge in [-0.05, 0) is 51.1 Å². The lowest BCUT2D eigenvalue weighted by Crippen LogP contribution is -2.31. The second-order valence-corrected chi connectivity index (χ2v) is 7.47. The lowest BCUT2D eigenvalue weighted by Gasteiger charge is -2.20. The summed E-state index contributed by atoms with van der Waals surface area (Å²) >= 11 is 1.50. The van der Waals surface area contributed by atoms with Crippen molar-refractivity contribution in [3.8, 4) is 0 Å². The second-order valence-electron chi connectivity index (χ2n) is 6.41. The number of hydrogen-bond acceptors (Lipinski definition) is 6. The summed E-state index contributed by atoms with van der Waals surface area (Å²) in [6.45, 7) is 5.87. The topological polar surface area (TPSA) is 76.3 Å². The van der Waals surface area contributed by atoms with Crippen LogP contribution in [0.5, 0.6) is 0 Å². The fourth-order valence-electron chi connectivity index (χ4n) is 2.92. The van der Waals surface area contributed by atoms with E-state index in [1.807, 2.05) is 32.2 Å². The van der Waals surface area contributed by atoms with E-state index < -0.39 is 5.91 Å². The Hall–Kier alpha value is -3.20. The van der Waals surface area contributed by atoms with Crippen LogP contribution in [0.1, 0.15) is 32.7 Å². The number of amides is 1. The molecule has 4 rings (SSSR count). The second kappa shape index (κ2) is 7.08. The van der Waals surface area contributed by atoms with Crippen molar-refractivity contribution >= 4 is 28.7 Å². The Bertz CT molecular complexity index is 1170. The number of carbonyl (C=O) groups is 1. The van der Waals surface area contributed by atoms with Crippen LogP contribution >= 0.6 is 11.3 Å². The van der Waals surface area contributed by atoms with Crippen molar-refractivity contribution in [1.82, 2.24) is 24.6 Å². The molecule has 0 aliphatic rings. The molecular formula is C19H17FN6OS. The third-order valence-electron chi connectivity index (χ3n) is 4.18. The van der Waals surface area contributed by atoms with Crippen molar-refractivity contribution in [3.05, 3.63) is 69.4 Å².